The molecule has 0 spiro atoms. The lowest BCUT2D eigenvalue weighted by Crippen LogP contribution is -2.36. The second-order valence-electron chi connectivity index (χ2n) is 6.20. The van der Waals surface area contributed by atoms with E-state index in [-0.39, 0.29) is 35.6 Å². The summed E-state index contributed by atoms with van der Waals surface area (Å²) in [4.78, 5) is 2.10. The lowest BCUT2D eigenvalue weighted by molar-refractivity contribution is 0.397. The Hall–Kier alpha value is -1.56. The van der Waals surface area contributed by atoms with Crippen LogP contribution < -0.4 is 0 Å². The zero-order valence-electron chi connectivity index (χ0n) is 13.9. The molecule has 128 valence electrons. The highest BCUT2D eigenvalue weighted by Crippen LogP contribution is 2.48. The third-order valence-corrected chi connectivity index (χ3v) is 4.83. The molecule has 2 unspecified atom stereocenters. The largest absolute Gasteiger partial charge is 0.508 e. The second-order valence-corrected chi connectivity index (χ2v) is 6.20. The van der Waals surface area contributed by atoms with Crippen LogP contribution >= 0.6 is 24.0 Å². The van der Waals surface area contributed by atoms with Crippen molar-refractivity contribution in [2.45, 2.75) is 18.8 Å². The van der Waals surface area contributed by atoms with E-state index in [1.807, 2.05) is 19.2 Å². The SMILES string of the molecule is CCC1C=CC=CC1(C1=CCN(C)C=C1)c1ccc(F)cc1O.I. The summed E-state index contributed by atoms with van der Waals surface area (Å²) in [6, 6.07) is 4.34. The maximum Gasteiger partial charge on any atom is 0.126 e. The molecule has 3 rings (SSSR count). The van der Waals surface area contributed by atoms with Crippen molar-refractivity contribution in [2.24, 2.45) is 5.92 Å². The predicted molar refractivity (Wildman–Crippen MR) is 107 cm³/mol. The Morgan fingerprint density at radius 3 is 2.75 bits per heavy atom. The van der Waals surface area contributed by atoms with Gasteiger partial charge < -0.3 is 10.0 Å². The van der Waals surface area contributed by atoms with E-state index in [0.717, 1.165) is 24.1 Å². The molecule has 1 aromatic carbocycles. The van der Waals surface area contributed by atoms with Crippen molar-refractivity contribution in [3.05, 3.63) is 77.8 Å². The molecule has 1 aliphatic carbocycles. The van der Waals surface area contributed by atoms with Gasteiger partial charge in [-0.25, -0.2) is 4.39 Å². The number of aromatic hydroxyl groups is 1. The number of allylic oxidation sites excluding steroid dienone is 6. The Morgan fingerprint density at radius 1 is 1.33 bits per heavy atom. The minimum Gasteiger partial charge on any atom is -0.508 e. The van der Waals surface area contributed by atoms with Gasteiger partial charge in [0.25, 0.3) is 0 Å². The van der Waals surface area contributed by atoms with Gasteiger partial charge in [-0.3, -0.25) is 0 Å². The first kappa shape index (κ1) is 18.8. The summed E-state index contributed by atoms with van der Waals surface area (Å²) in [5.41, 5.74) is 1.44. The fourth-order valence-electron chi connectivity index (χ4n) is 3.63. The van der Waals surface area contributed by atoms with Gasteiger partial charge in [-0.2, -0.15) is 0 Å². The number of phenolic OH excluding ortho intramolecular Hbond substituents is 1. The molecule has 0 fully saturated rings. The fourth-order valence-corrected chi connectivity index (χ4v) is 3.63. The van der Waals surface area contributed by atoms with Gasteiger partial charge in [-0.05, 0) is 36.3 Å². The molecule has 0 amide bonds. The average Bonchev–Trinajstić information content (AvgIpc) is 2.55. The van der Waals surface area contributed by atoms with Crippen molar-refractivity contribution in [3.8, 4) is 5.75 Å². The molecule has 0 aromatic heterocycles. The van der Waals surface area contributed by atoms with Crippen LogP contribution in [0.3, 0.4) is 0 Å². The summed E-state index contributed by atoms with van der Waals surface area (Å²) < 4.78 is 13.5. The molecule has 1 aliphatic heterocycles. The molecular weight excluding hydrogens is 416 g/mol. The van der Waals surface area contributed by atoms with Gasteiger partial charge in [0.15, 0.2) is 0 Å². The Labute approximate surface area is 160 Å². The smallest absolute Gasteiger partial charge is 0.126 e. The van der Waals surface area contributed by atoms with Gasteiger partial charge >= 0.3 is 0 Å². The Kier molecular flexibility index (Phi) is 5.91. The van der Waals surface area contributed by atoms with E-state index in [1.165, 1.54) is 12.1 Å². The normalized spacial score (nSPS) is 25.4. The lowest BCUT2D eigenvalue weighted by atomic mass is 9.62. The Bertz CT molecular complexity index is 722. The van der Waals surface area contributed by atoms with E-state index < -0.39 is 11.2 Å². The Morgan fingerprint density at radius 2 is 2.12 bits per heavy atom. The number of hydrogen-bond acceptors (Lipinski definition) is 2. The standard InChI is InChI=1S/C20H22FNO.HI/c1-3-15-6-4-5-11-20(15,16-9-12-22(2)13-10-16)18-8-7-17(21)14-19(18)23;/h4-12,14-15,23H,3,13H2,1-2H3;1H. The van der Waals surface area contributed by atoms with Crippen molar-refractivity contribution >= 4 is 24.0 Å². The van der Waals surface area contributed by atoms with Crippen LogP contribution in [0, 0.1) is 11.7 Å². The van der Waals surface area contributed by atoms with Gasteiger partial charge in [0.1, 0.15) is 11.6 Å². The van der Waals surface area contributed by atoms with E-state index >= 15 is 0 Å². The van der Waals surface area contributed by atoms with Crippen LogP contribution in [-0.2, 0) is 5.41 Å². The number of hydrogen-bond donors (Lipinski definition) is 1. The molecule has 0 radical (unpaired) electrons. The van der Waals surface area contributed by atoms with Crippen molar-refractivity contribution in [1.82, 2.24) is 4.90 Å². The van der Waals surface area contributed by atoms with E-state index in [2.05, 4.69) is 42.3 Å². The van der Waals surface area contributed by atoms with Gasteiger partial charge in [0.05, 0.1) is 0 Å². The highest BCUT2D eigenvalue weighted by atomic mass is 127. The summed E-state index contributed by atoms with van der Waals surface area (Å²) in [5.74, 6) is -0.197. The van der Waals surface area contributed by atoms with Crippen molar-refractivity contribution < 1.29 is 9.50 Å². The van der Waals surface area contributed by atoms with Gasteiger partial charge in [0, 0.05) is 30.6 Å². The highest BCUT2D eigenvalue weighted by molar-refractivity contribution is 14.0. The van der Waals surface area contributed by atoms with Crippen LogP contribution in [0.2, 0.25) is 0 Å². The molecule has 1 N–H and O–H groups in total. The maximum absolute atomic E-state index is 13.5. The molecule has 2 nitrogen and oxygen atoms in total. The molecule has 0 saturated carbocycles. The number of likely N-dealkylation sites (N-methyl/N-ethyl adjacent to an activating group) is 1. The van der Waals surface area contributed by atoms with E-state index in [1.54, 1.807) is 6.07 Å². The van der Waals surface area contributed by atoms with Crippen molar-refractivity contribution in [2.75, 3.05) is 13.6 Å². The zero-order valence-corrected chi connectivity index (χ0v) is 16.3. The Balaban J connectivity index is 0.00000208. The first-order chi connectivity index (χ1) is 11.1. The second kappa shape index (κ2) is 7.55. The minimum atomic E-state index is -0.459. The average molecular weight is 439 g/mol. The number of rotatable bonds is 3. The van der Waals surface area contributed by atoms with Gasteiger partial charge in [0.2, 0.25) is 0 Å². The first-order valence-electron chi connectivity index (χ1n) is 8.02. The number of phenols is 1. The quantitative estimate of drug-likeness (QED) is 0.676. The van der Waals surface area contributed by atoms with Gasteiger partial charge in [-0.15, -0.1) is 24.0 Å². The molecule has 24 heavy (non-hydrogen) atoms. The molecule has 0 bridgehead atoms. The maximum atomic E-state index is 13.5. The summed E-state index contributed by atoms with van der Waals surface area (Å²) >= 11 is 0. The van der Waals surface area contributed by atoms with Crippen LogP contribution in [0.5, 0.6) is 5.75 Å². The van der Waals surface area contributed by atoms with Crippen LogP contribution in [0.4, 0.5) is 4.39 Å². The van der Waals surface area contributed by atoms with E-state index in [4.69, 9.17) is 0 Å². The molecule has 4 heteroatoms. The van der Waals surface area contributed by atoms with Crippen molar-refractivity contribution in [3.63, 3.8) is 0 Å². The fraction of sp³-hybridized carbons (Fsp3) is 0.300. The zero-order chi connectivity index (χ0) is 16.4. The van der Waals surface area contributed by atoms with Crippen molar-refractivity contribution in [1.29, 1.82) is 0 Å². The third kappa shape index (κ3) is 3.16. The molecule has 2 aliphatic rings. The number of nitrogens with zero attached hydrogens (tertiary/aromatic N) is 1. The summed E-state index contributed by atoms with van der Waals surface area (Å²) in [6.07, 6.45) is 15.6. The van der Waals surface area contributed by atoms with Crippen LogP contribution in [0.15, 0.2) is 66.4 Å². The summed E-state index contributed by atoms with van der Waals surface area (Å²) in [6.45, 7) is 2.96. The number of benzene rings is 1. The molecular formula is C20H23FINO. The molecule has 1 heterocycles. The highest BCUT2D eigenvalue weighted by Gasteiger charge is 2.41. The van der Waals surface area contributed by atoms with Gasteiger partial charge in [-0.1, -0.05) is 43.4 Å². The number of halogens is 2. The topological polar surface area (TPSA) is 23.5 Å². The molecule has 2 atom stereocenters. The first-order valence-corrected chi connectivity index (χ1v) is 8.02. The molecule has 0 saturated heterocycles. The van der Waals surface area contributed by atoms with E-state index in [9.17, 15) is 9.50 Å². The predicted octanol–water partition coefficient (Wildman–Crippen LogP) is 4.92. The monoisotopic (exact) mass is 439 g/mol. The van der Waals surface area contributed by atoms with Crippen LogP contribution in [0.25, 0.3) is 0 Å². The van der Waals surface area contributed by atoms with E-state index in [0.29, 0.717) is 0 Å². The molecule has 1 aromatic rings. The lowest BCUT2D eigenvalue weighted by Gasteiger charge is -2.41. The minimum absolute atomic E-state index is 0. The van der Waals surface area contributed by atoms with Crippen LogP contribution in [-0.4, -0.2) is 23.6 Å². The summed E-state index contributed by atoms with van der Waals surface area (Å²) in [7, 11) is 2.03. The van der Waals surface area contributed by atoms with Crippen LogP contribution in [0.1, 0.15) is 18.9 Å². The third-order valence-electron chi connectivity index (χ3n) is 4.83. The summed E-state index contributed by atoms with van der Waals surface area (Å²) in [5, 5.41) is 10.4.